The summed E-state index contributed by atoms with van der Waals surface area (Å²) in [6.07, 6.45) is 5.38. The average molecular weight is 298 g/mol. The van der Waals surface area contributed by atoms with Crippen LogP contribution in [0, 0.1) is 11.8 Å². The fraction of sp³-hybridized carbons (Fsp3) is 0.941. The molecule has 0 spiro atoms. The lowest BCUT2D eigenvalue weighted by Gasteiger charge is -2.34. The van der Waals surface area contributed by atoms with Gasteiger partial charge >= 0.3 is 5.97 Å². The second-order valence-corrected chi connectivity index (χ2v) is 7.05. The molecule has 0 bridgehead atoms. The molecule has 0 heterocycles. The predicted octanol–water partition coefficient (Wildman–Crippen LogP) is 2.67. The molecule has 3 atom stereocenters. The van der Waals surface area contributed by atoms with E-state index in [2.05, 4.69) is 38.0 Å². The Morgan fingerprint density at radius 2 is 2.10 bits per heavy atom. The van der Waals surface area contributed by atoms with E-state index in [0.717, 1.165) is 38.1 Å². The summed E-state index contributed by atoms with van der Waals surface area (Å²) in [6, 6.07) is 0.591. The van der Waals surface area contributed by atoms with Gasteiger partial charge < -0.3 is 15.0 Å². The Morgan fingerprint density at radius 1 is 1.43 bits per heavy atom. The SMILES string of the molecule is CNC1(C(=O)OC)CCCC1CCN(C)C(C)CC(C)C. The third-order valence-corrected chi connectivity index (χ3v) is 5.21. The molecule has 0 aromatic rings. The number of ether oxygens (including phenoxy) is 1. The lowest BCUT2D eigenvalue weighted by atomic mass is 9.84. The van der Waals surface area contributed by atoms with Crippen LogP contribution < -0.4 is 5.32 Å². The van der Waals surface area contributed by atoms with E-state index in [1.54, 1.807) is 0 Å². The topological polar surface area (TPSA) is 41.6 Å². The Kier molecular flexibility index (Phi) is 7.14. The van der Waals surface area contributed by atoms with Gasteiger partial charge in [0.15, 0.2) is 0 Å². The molecule has 0 amide bonds. The van der Waals surface area contributed by atoms with Crippen molar-refractivity contribution in [3.05, 3.63) is 0 Å². The molecule has 0 aromatic carbocycles. The van der Waals surface area contributed by atoms with Crippen LogP contribution in [0.25, 0.3) is 0 Å². The first-order valence-electron chi connectivity index (χ1n) is 8.35. The molecule has 1 aliphatic rings. The Hall–Kier alpha value is -0.610. The highest BCUT2D eigenvalue weighted by molar-refractivity contribution is 5.81. The van der Waals surface area contributed by atoms with E-state index >= 15 is 0 Å². The third kappa shape index (κ3) is 4.43. The second kappa shape index (κ2) is 8.14. The van der Waals surface area contributed by atoms with Crippen LogP contribution in [0.4, 0.5) is 0 Å². The summed E-state index contributed by atoms with van der Waals surface area (Å²) in [5, 5.41) is 3.27. The largest absolute Gasteiger partial charge is 0.468 e. The number of nitrogens with one attached hydrogen (secondary N) is 1. The number of esters is 1. The summed E-state index contributed by atoms with van der Waals surface area (Å²) in [7, 11) is 5.58. The summed E-state index contributed by atoms with van der Waals surface area (Å²) in [6.45, 7) is 7.87. The van der Waals surface area contributed by atoms with E-state index in [0.29, 0.717) is 12.0 Å². The zero-order chi connectivity index (χ0) is 16.0. The zero-order valence-corrected chi connectivity index (χ0v) is 14.7. The Labute approximate surface area is 130 Å². The minimum Gasteiger partial charge on any atom is -0.468 e. The van der Waals surface area contributed by atoms with Crippen molar-refractivity contribution in [2.24, 2.45) is 11.8 Å². The van der Waals surface area contributed by atoms with Gasteiger partial charge in [0, 0.05) is 6.04 Å². The molecule has 21 heavy (non-hydrogen) atoms. The summed E-state index contributed by atoms with van der Waals surface area (Å²) in [5.41, 5.74) is -0.461. The highest BCUT2D eigenvalue weighted by Crippen LogP contribution is 2.38. The van der Waals surface area contributed by atoms with Crippen LogP contribution >= 0.6 is 0 Å². The van der Waals surface area contributed by atoms with Crippen molar-refractivity contribution >= 4 is 5.97 Å². The molecule has 0 aromatic heterocycles. The molecule has 0 saturated heterocycles. The number of carbonyl (C=O) groups excluding carboxylic acids is 1. The average Bonchev–Trinajstić information content (AvgIpc) is 2.87. The highest BCUT2D eigenvalue weighted by Gasteiger charge is 2.48. The van der Waals surface area contributed by atoms with Gasteiger partial charge in [-0.25, -0.2) is 0 Å². The van der Waals surface area contributed by atoms with Crippen LogP contribution in [0.15, 0.2) is 0 Å². The second-order valence-electron chi connectivity index (χ2n) is 7.05. The van der Waals surface area contributed by atoms with Crippen LogP contribution in [0.3, 0.4) is 0 Å². The van der Waals surface area contributed by atoms with Gasteiger partial charge in [0.05, 0.1) is 7.11 Å². The highest BCUT2D eigenvalue weighted by atomic mass is 16.5. The van der Waals surface area contributed by atoms with Crippen LogP contribution in [0.5, 0.6) is 0 Å². The van der Waals surface area contributed by atoms with Crippen LogP contribution in [-0.4, -0.2) is 50.2 Å². The van der Waals surface area contributed by atoms with Gasteiger partial charge in [0.1, 0.15) is 5.54 Å². The van der Waals surface area contributed by atoms with Crippen molar-refractivity contribution in [2.45, 2.75) is 64.5 Å². The maximum atomic E-state index is 12.2. The molecule has 124 valence electrons. The number of hydrogen-bond acceptors (Lipinski definition) is 4. The van der Waals surface area contributed by atoms with Crippen molar-refractivity contribution in [3.63, 3.8) is 0 Å². The zero-order valence-electron chi connectivity index (χ0n) is 14.7. The first-order valence-corrected chi connectivity index (χ1v) is 8.35. The van der Waals surface area contributed by atoms with Crippen molar-refractivity contribution in [3.8, 4) is 0 Å². The predicted molar refractivity (Wildman–Crippen MR) is 87.3 cm³/mol. The van der Waals surface area contributed by atoms with Gasteiger partial charge in [0.2, 0.25) is 0 Å². The number of nitrogens with zero attached hydrogens (tertiary/aromatic N) is 1. The molecule has 1 aliphatic carbocycles. The minimum atomic E-state index is -0.461. The van der Waals surface area contributed by atoms with E-state index < -0.39 is 5.54 Å². The molecule has 1 N–H and O–H groups in total. The number of carbonyl (C=O) groups is 1. The number of methoxy groups -OCH3 is 1. The lowest BCUT2D eigenvalue weighted by molar-refractivity contribution is -0.150. The summed E-state index contributed by atoms with van der Waals surface area (Å²) < 4.78 is 5.05. The van der Waals surface area contributed by atoms with Crippen LogP contribution in [0.1, 0.15) is 52.9 Å². The number of likely N-dealkylation sites (N-methyl/N-ethyl adjacent to an activating group) is 1. The quantitative estimate of drug-likeness (QED) is 0.700. The summed E-state index contributed by atoms with van der Waals surface area (Å²) in [4.78, 5) is 14.6. The third-order valence-electron chi connectivity index (χ3n) is 5.21. The molecular weight excluding hydrogens is 264 g/mol. The van der Waals surface area contributed by atoms with Gasteiger partial charge in [-0.2, -0.15) is 0 Å². The number of hydrogen-bond donors (Lipinski definition) is 1. The standard InChI is InChI=1S/C17H34N2O2/c1-13(2)12-14(3)19(5)11-9-15-8-7-10-17(15,18-4)16(20)21-6/h13-15,18H,7-12H2,1-6H3. The fourth-order valence-electron chi connectivity index (χ4n) is 3.79. The van der Waals surface area contributed by atoms with E-state index in [1.165, 1.54) is 13.5 Å². The molecule has 0 radical (unpaired) electrons. The monoisotopic (exact) mass is 298 g/mol. The smallest absolute Gasteiger partial charge is 0.326 e. The van der Waals surface area contributed by atoms with Gasteiger partial charge in [-0.1, -0.05) is 20.3 Å². The van der Waals surface area contributed by atoms with E-state index in [4.69, 9.17) is 4.74 Å². The fourth-order valence-corrected chi connectivity index (χ4v) is 3.79. The summed E-state index contributed by atoms with van der Waals surface area (Å²) >= 11 is 0. The van der Waals surface area contributed by atoms with Crippen LogP contribution in [0.2, 0.25) is 0 Å². The van der Waals surface area contributed by atoms with Gasteiger partial charge in [0.25, 0.3) is 0 Å². The molecule has 3 unspecified atom stereocenters. The van der Waals surface area contributed by atoms with Crippen molar-refractivity contribution < 1.29 is 9.53 Å². The van der Waals surface area contributed by atoms with Gasteiger partial charge in [-0.3, -0.25) is 4.79 Å². The molecule has 4 heteroatoms. The maximum absolute atomic E-state index is 12.2. The molecule has 1 rings (SSSR count). The van der Waals surface area contributed by atoms with E-state index in [-0.39, 0.29) is 5.97 Å². The molecule has 1 saturated carbocycles. The molecule has 4 nitrogen and oxygen atoms in total. The first kappa shape index (κ1) is 18.4. The maximum Gasteiger partial charge on any atom is 0.326 e. The number of rotatable bonds is 8. The Balaban J connectivity index is 2.59. The van der Waals surface area contributed by atoms with Crippen molar-refractivity contribution in [1.29, 1.82) is 0 Å². The van der Waals surface area contributed by atoms with Crippen LogP contribution in [-0.2, 0) is 9.53 Å². The Bertz CT molecular complexity index is 333. The lowest BCUT2D eigenvalue weighted by Crippen LogP contribution is -2.54. The van der Waals surface area contributed by atoms with Crippen molar-refractivity contribution in [1.82, 2.24) is 10.2 Å². The molecular formula is C17H34N2O2. The van der Waals surface area contributed by atoms with Crippen molar-refractivity contribution in [2.75, 3.05) is 27.7 Å². The minimum absolute atomic E-state index is 0.0922. The van der Waals surface area contributed by atoms with Gasteiger partial charge in [-0.15, -0.1) is 0 Å². The van der Waals surface area contributed by atoms with Gasteiger partial charge in [-0.05, 0) is 65.1 Å². The van der Waals surface area contributed by atoms with E-state index in [9.17, 15) is 4.79 Å². The van der Waals surface area contributed by atoms with E-state index in [1.807, 2.05) is 7.05 Å². The summed E-state index contributed by atoms with van der Waals surface area (Å²) in [5.74, 6) is 1.01. The normalized spacial score (nSPS) is 27.3. The first-order chi connectivity index (χ1) is 9.87. The Morgan fingerprint density at radius 3 is 2.62 bits per heavy atom. The molecule has 0 aliphatic heterocycles. The molecule has 1 fully saturated rings.